The van der Waals surface area contributed by atoms with Crippen molar-refractivity contribution in [2.75, 3.05) is 23.1 Å². The second-order valence-electron chi connectivity index (χ2n) is 6.29. The van der Waals surface area contributed by atoms with Crippen molar-refractivity contribution in [3.05, 3.63) is 90.0 Å². The average molecular weight is 461 g/mol. The maximum atomic E-state index is 13.2. The number of carbonyl (C=O) groups excluding carboxylic acids is 1. The number of nitrogens with zero attached hydrogens (tertiary/aromatic N) is 1. The van der Waals surface area contributed by atoms with Crippen molar-refractivity contribution in [2.24, 2.45) is 0 Å². The molecular weight excluding hydrogens is 440 g/mol. The van der Waals surface area contributed by atoms with Gasteiger partial charge in [0.15, 0.2) is 0 Å². The van der Waals surface area contributed by atoms with Gasteiger partial charge >= 0.3 is 0 Å². The molecule has 0 aliphatic heterocycles. The zero-order valence-electron chi connectivity index (χ0n) is 16.1. The van der Waals surface area contributed by atoms with Gasteiger partial charge in [0, 0.05) is 17.2 Å². The summed E-state index contributed by atoms with van der Waals surface area (Å²) in [5, 5.41) is 3.04. The number of hydrogen-bond acceptors (Lipinski definition) is 4. The minimum atomic E-state index is -3.96. The summed E-state index contributed by atoms with van der Waals surface area (Å²) in [7, 11) is -3.96. The molecule has 0 saturated carbocycles. The molecule has 156 valence electrons. The number of para-hydroxylation sites is 1. The maximum absolute atomic E-state index is 13.2. The van der Waals surface area contributed by atoms with Gasteiger partial charge in [0.1, 0.15) is 6.54 Å². The van der Waals surface area contributed by atoms with E-state index >= 15 is 0 Å². The Morgan fingerprint density at radius 1 is 0.900 bits per heavy atom. The number of amides is 1. The van der Waals surface area contributed by atoms with Crippen molar-refractivity contribution in [1.29, 1.82) is 0 Å². The van der Waals surface area contributed by atoms with Gasteiger partial charge in [-0.15, -0.1) is 11.8 Å². The highest BCUT2D eigenvalue weighted by atomic mass is 35.5. The van der Waals surface area contributed by atoms with Crippen molar-refractivity contribution in [1.82, 2.24) is 5.32 Å². The molecule has 3 aromatic carbocycles. The summed E-state index contributed by atoms with van der Waals surface area (Å²) in [4.78, 5) is 13.8. The van der Waals surface area contributed by atoms with Crippen LogP contribution in [0, 0.1) is 0 Å². The molecule has 8 heteroatoms. The molecule has 0 spiro atoms. The third kappa shape index (κ3) is 5.78. The van der Waals surface area contributed by atoms with E-state index in [1.54, 1.807) is 54.2 Å². The van der Waals surface area contributed by atoms with Gasteiger partial charge in [-0.1, -0.05) is 60.1 Å². The topological polar surface area (TPSA) is 66.5 Å². The van der Waals surface area contributed by atoms with Crippen LogP contribution in [0.2, 0.25) is 5.02 Å². The van der Waals surface area contributed by atoms with Crippen LogP contribution in [0.4, 0.5) is 5.69 Å². The SMILES string of the molecule is O=C(CN(c1ccccc1Cl)S(=O)(=O)c1ccccc1)NCCSc1ccccc1. The van der Waals surface area contributed by atoms with Gasteiger partial charge in [0.05, 0.1) is 15.6 Å². The number of nitrogens with one attached hydrogen (secondary N) is 1. The van der Waals surface area contributed by atoms with Crippen molar-refractivity contribution < 1.29 is 13.2 Å². The molecule has 0 heterocycles. The summed E-state index contributed by atoms with van der Waals surface area (Å²) >= 11 is 7.86. The van der Waals surface area contributed by atoms with Crippen LogP contribution in [0.5, 0.6) is 0 Å². The number of hydrogen-bond donors (Lipinski definition) is 1. The summed E-state index contributed by atoms with van der Waals surface area (Å²) in [6.07, 6.45) is 0. The van der Waals surface area contributed by atoms with Crippen molar-refractivity contribution >= 4 is 45.0 Å². The molecule has 1 N–H and O–H groups in total. The third-order valence-electron chi connectivity index (χ3n) is 4.18. The van der Waals surface area contributed by atoms with Gasteiger partial charge in [-0.3, -0.25) is 9.10 Å². The maximum Gasteiger partial charge on any atom is 0.264 e. The van der Waals surface area contributed by atoms with E-state index in [0.29, 0.717) is 12.3 Å². The lowest BCUT2D eigenvalue weighted by Gasteiger charge is -2.25. The van der Waals surface area contributed by atoms with Crippen LogP contribution in [-0.2, 0) is 14.8 Å². The first kappa shape index (κ1) is 22.2. The van der Waals surface area contributed by atoms with Crippen molar-refractivity contribution in [2.45, 2.75) is 9.79 Å². The van der Waals surface area contributed by atoms with Gasteiger partial charge in [-0.2, -0.15) is 0 Å². The number of benzene rings is 3. The number of rotatable bonds is 9. The van der Waals surface area contributed by atoms with E-state index in [4.69, 9.17) is 11.6 Å². The molecule has 30 heavy (non-hydrogen) atoms. The smallest absolute Gasteiger partial charge is 0.264 e. The fourth-order valence-corrected chi connectivity index (χ4v) is 5.27. The minimum Gasteiger partial charge on any atom is -0.354 e. The lowest BCUT2D eigenvalue weighted by atomic mass is 10.3. The Morgan fingerprint density at radius 3 is 2.17 bits per heavy atom. The Hall–Kier alpha value is -2.48. The van der Waals surface area contributed by atoms with E-state index in [1.807, 2.05) is 30.3 Å². The second kappa shape index (κ2) is 10.5. The highest BCUT2D eigenvalue weighted by Crippen LogP contribution is 2.30. The van der Waals surface area contributed by atoms with Gasteiger partial charge < -0.3 is 5.32 Å². The summed E-state index contributed by atoms with van der Waals surface area (Å²) in [6, 6.07) is 24.4. The van der Waals surface area contributed by atoms with Gasteiger partial charge in [0.25, 0.3) is 10.0 Å². The molecule has 0 bridgehead atoms. The molecule has 0 unspecified atom stereocenters. The van der Waals surface area contributed by atoms with E-state index in [1.165, 1.54) is 12.1 Å². The van der Waals surface area contributed by atoms with Crippen LogP contribution in [0.15, 0.2) is 94.7 Å². The predicted octanol–water partition coefficient (Wildman–Crippen LogP) is 4.44. The van der Waals surface area contributed by atoms with Crippen LogP contribution in [0.3, 0.4) is 0 Å². The Bertz CT molecular complexity index is 1080. The highest BCUT2D eigenvalue weighted by molar-refractivity contribution is 7.99. The Morgan fingerprint density at radius 2 is 1.50 bits per heavy atom. The lowest BCUT2D eigenvalue weighted by molar-refractivity contribution is -0.119. The normalized spacial score (nSPS) is 11.1. The highest BCUT2D eigenvalue weighted by Gasteiger charge is 2.28. The van der Waals surface area contributed by atoms with Gasteiger partial charge in [-0.05, 0) is 36.4 Å². The zero-order chi connectivity index (χ0) is 21.4. The molecule has 0 aliphatic carbocycles. The monoisotopic (exact) mass is 460 g/mol. The molecule has 3 aromatic rings. The molecule has 0 atom stereocenters. The van der Waals surface area contributed by atoms with Crippen LogP contribution in [0.1, 0.15) is 0 Å². The number of halogens is 1. The van der Waals surface area contributed by atoms with Crippen molar-refractivity contribution in [3.63, 3.8) is 0 Å². The Labute approximate surface area is 186 Å². The molecule has 0 saturated heterocycles. The average Bonchev–Trinajstić information content (AvgIpc) is 2.77. The summed E-state index contributed by atoms with van der Waals surface area (Å²) in [6.45, 7) is 0.0527. The Kier molecular flexibility index (Phi) is 7.79. The van der Waals surface area contributed by atoms with Gasteiger partial charge in [-0.25, -0.2) is 8.42 Å². The molecule has 0 aromatic heterocycles. The molecule has 0 aliphatic rings. The van der Waals surface area contributed by atoms with Crippen molar-refractivity contribution in [3.8, 4) is 0 Å². The first-order valence-electron chi connectivity index (χ1n) is 9.25. The van der Waals surface area contributed by atoms with E-state index < -0.39 is 15.9 Å². The number of anilines is 1. The van der Waals surface area contributed by atoms with Crippen LogP contribution < -0.4 is 9.62 Å². The van der Waals surface area contributed by atoms with Gasteiger partial charge in [0.2, 0.25) is 5.91 Å². The minimum absolute atomic E-state index is 0.0948. The first-order valence-corrected chi connectivity index (χ1v) is 12.1. The fraction of sp³-hybridized carbons (Fsp3) is 0.136. The van der Waals surface area contributed by atoms with E-state index in [9.17, 15) is 13.2 Å². The molecule has 0 radical (unpaired) electrons. The van der Waals surface area contributed by atoms with E-state index in [-0.39, 0.29) is 22.2 Å². The largest absolute Gasteiger partial charge is 0.354 e. The van der Waals surface area contributed by atoms with Crippen LogP contribution in [-0.4, -0.2) is 33.2 Å². The summed E-state index contributed by atoms with van der Waals surface area (Å²) in [5.74, 6) is 0.274. The molecule has 5 nitrogen and oxygen atoms in total. The fourth-order valence-electron chi connectivity index (χ4n) is 2.74. The van der Waals surface area contributed by atoms with Crippen LogP contribution >= 0.6 is 23.4 Å². The first-order chi connectivity index (χ1) is 14.5. The number of thioether (sulfide) groups is 1. The van der Waals surface area contributed by atoms with Crippen LogP contribution in [0.25, 0.3) is 0 Å². The predicted molar refractivity (Wildman–Crippen MR) is 123 cm³/mol. The third-order valence-corrected chi connectivity index (χ3v) is 7.28. The molecular formula is C22H21ClN2O3S2. The quantitative estimate of drug-likeness (QED) is 0.378. The van der Waals surface area contributed by atoms with E-state index in [0.717, 1.165) is 9.20 Å². The summed E-state index contributed by atoms with van der Waals surface area (Å²) < 4.78 is 27.5. The Balaban J connectivity index is 1.71. The molecule has 0 fully saturated rings. The second-order valence-corrected chi connectivity index (χ2v) is 9.73. The molecule has 3 rings (SSSR count). The number of sulfonamides is 1. The number of carbonyl (C=O) groups is 1. The van der Waals surface area contributed by atoms with E-state index in [2.05, 4.69) is 5.32 Å². The molecule has 1 amide bonds. The zero-order valence-corrected chi connectivity index (χ0v) is 18.5. The summed E-state index contributed by atoms with van der Waals surface area (Å²) in [5.41, 5.74) is 0.261. The lowest BCUT2D eigenvalue weighted by Crippen LogP contribution is -2.41. The standard InChI is InChI=1S/C22H21ClN2O3S2/c23-20-13-7-8-14-21(20)25(30(27,28)19-11-5-2-6-12-19)17-22(26)24-15-16-29-18-9-3-1-4-10-18/h1-14H,15-17H2,(H,24,26).